The minimum atomic E-state index is -0.399. The molecule has 0 unspecified atom stereocenters. The molecule has 1 heterocycles. The van der Waals surface area contributed by atoms with E-state index in [1.54, 1.807) is 42.5 Å². The highest BCUT2D eigenvalue weighted by atomic mass is 35.5. The molecule has 142 valence electrons. The van der Waals surface area contributed by atoms with E-state index in [2.05, 4.69) is 5.32 Å². The molecule has 1 N–H and O–H groups in total. The second-order valence-corrected chi connectivity index (χ2v) is 6.80. The first kappa shape index (κ1) is 18.7. The lowest BCUT2D eigenvalue weighted by Gasteiger charge is -2.15. The normalized spacial score (nSPS) is 13.1. The first-order valence-electron chi connectivity index (χ1n) is 8.86. The number of fused-ring (bicyclic) bond motifs is 1. The summed E-state index contributed by atoms with van der Waals surface area (Å²) in [6, 6.07) is 20.7. The second kappa shape index (κ2) is 7.73. The van der Waals surface area contributed by atoms with Crippen LogP contribution in [0, 0.1) is 0 Å². The molecule has 1 aliphatic heterocycles. The van der Waals surface area contributed by atoms with Crippen molar-refractivity contribution in [3.05, 3.63) is 101 Å². The molecule has 3 aromatic carbocycles. The Morgan fingerprint density at radius 2 is 1.48 bits per heavy atom. The van der Waals surface area contributed by atoms with Crippen molar-refractivity contribution in [2.45, 2.75) is 0 Å². The zero-order valence-electron chi connectivity index (χ0n) is 15.1. The highest BCUT2D eigenvalue weighted by Crippen LogP contribution is 2.32. The SMILES string of the molecule is O=C(/C=C/c1ccccc1)Nc1ccc(N2C(=O)c3ccccc3C2=O)cc1Cl. The number of benzene rings is 3. The summed E-state index contributed by atoms with van der Waals surface area (Å²) in [5.41, 5.74) is 2.34. The van der Waals surface area contributed by atoms with E-state index >= 15 is 0 Å². The van der Waals surface area contributed by atoms with Gasteiger partial charge in [-0.3, -0.25) is 14.4 Å². The maximum atomic E-state index is 12.6. The van der Waals surface area contributed by atoms with Crippen LogP contribution in [-0.4, -0.2) is 17.7 Å². The number of halogens is 1. The number of carbonyl (C=O) groups is 3. The van der Waals surface area contributed by atoms with E-state index in [-0.39, 0.29) is 10.9 Å². The number of rotatable bonds is 4. The average molecular weight is 403 g/mol. The molecule has 29 heavy (non-hydrogen) atoms. The molecule has 0 fully saturated rings. The molecule has 3 aromatic rings. The zero-order chi connectivity index (χ0) is 20.4. The maximum absolute atomic E-state index is 12.6. The molecule has 0 bridgehead atoms. The van der Waals surface area contributed by atoms with Crippen LogP contribution in [0.25, 0.3) is 6.08 Å². The van der Waals surface area contributed by atoms with Gasteiger partial charge in [0.25, 0.3) is 11.8 Å². The van der Waals surface area contributed by atoms with Crippen LogP contribution in [0.4, 0.5) is 11.4 Å². The van der Waals surface area contributed by atoms with Gasteiger partial charge in [0.1, 0.15) is 0 Å². The number of carbonyl (C=O) groups excluding carboxylic acids is 3. The number of hydrogen-bond donors (Lipinski definition) is 1. The molecule has 1 aliphatic rings. The number of anilines is 2. The highest BCUT2D eigenvalue weighted by Gasteiger charge is 2.36. The third kappa shape index (κ3) is 3.68. The summed E-state index contributed by atoms with van der Waals surface area (Å²) in [6.45, 7) is 0. The van der Waals surface area contributed by atoms with E-state index in [9.17, 15) is 14.4 Å². The van der Waals surface area contributed by atoms with E-state index in [1.807, 2.05) is 30.3 Å². The number of amides is 3. The molecule has 0 atom stereocenters. The number of hydrogen-bond acceptors (Lipinski definition) is 3. The van der Waals surface area contributed by atoms with Crippen molar-refractivity contribution in [2.24, 2.45) is 0 Å². The van der Waals surface area contributed by atoms with Gasteiger partial charge < -0.3 is 5.32 Å². The van der Waals surface area contributed by atoms with Gasteiger partial charge in [-0.1, -0.05) is 54.1 Å². The van der Waals surface area contributed by atoms with E-state index in [0.29, 0.717) is 22.5 Å². The Kier molecular flexibility index (Phi) is 4.97. The van der Waals surface area contributed by atoms with Crippen LogP contribution in [0.3, 0.4) is 0 Å². The van der Waals surface area contributed by atoms with Crippen LogP contribution in [0.1, 0.15) is 26.3 Å². The fourth-order valence-electron chi connectivity index (χ4n) is 3.08. The molecule has 0 aromatic heterocycles. The molecule has 0 saturated carbocycles. The standard InChI is InChI=1S/C23H15ClN2O3/c24-19-14-16(26-22(28)17-8-4-5-9-18(17)23(26)29)11-12-20(19)25-21(27)13-10-15-6-2-1-3-7-15/h1-14H,(H,25,27)/b13-10+. The van der Waals surface area contributed by atoms with E-state index in [4.69, 9.17) is 11.6 Å². The van der Waals surface area contributed by atoms with Crippen molar-refractivity contribution < 1.29 is 14.4 Å². The lowest BCUT2D eigenvalue weighted by molar-refractivity contribution is -0.111. The smallest absolute Gasteiger partial charge is 0.266 e. The number of nitrogens with zero attached hydrogens (tertiary/aromatic N) is 1. The molecule has 4 rings (SSSR count). The average Bonchev–Trinajstić information content (AvgIpc) is 2.99. The first-order valence-corrected chi connectivity index (χ1v) is 9.24. The lowest BCUT2D eigenvalue weighted by atomic mass is 10.1. The summed E-state index contributed by atoms with van der Waals surface area (Å²) < 4.78 is 0. The Hall–Kier alpha value is -3.70. The minimum absolute atomic E-state index is 0.223. The van der Waals surface area contributed by atoms with Crippen molar-refractivity contribution in [1.29, 1.82) is 0 Å². The fraction of sp³-hybridized carbons (Fsp3) is 0. The molecule has 3 amide bonds. The maximum Gasteiger partial charge on any atom is 0.266 e. The van der Waals surface area contributed by atoms with Gasteiger partial charge in [-0.2, -0.15) is 0 Å². The highest BCUT2D eigenvalue weighted by molar-refractivity contribution is 6.36. The molecule has 0 spiro atoms. The molecule has 5 nitrogen and oxygen atoms in total. The summed E-state index contributed by atoms with van der Waals surface area (Å²) >= 11 is 6.29. The molecular formula is C23H15ClN2O3. The molecule has 0 radical (unpaired) electrons. The van der Waals surface area contributed by atoms with Gasteiger partial charge in [0.15, 0.2) is 0 Å². The van der Waals surface area contributed by atoms with Gasteiger partial charge in [-0.05, 0) is 42.0 Å². The summed E-state index contributed by atoms with van der Waals surface area (Å²) in [4.78, 5) is 38.4. The van der Waals surface area contributed by atoms with E-state index in [1.165, 1.54) is 12.1 Å². The first-order chi connectivity index (χ1) is 14.0. The number of nitrogens with one attached hydrogen (secondary N) is 1. The van der Waals surface area contributed by atoms with Crippen LogP contribution in [0.5, 0.6) is 0 Å². The van der Waals surface area contributed by atoms with Crippen molar-refractivity contribution in [2.75, 3.05) is 10.2 Å². The fourth-order valence-corrected chi connectivity index (χ4v) is 3.30. The Labute approximate surface area is 172 Å². The van der Waals surface area contributed by atoms with Gasteiger partial charge in [0, 0.05) is 6.08 Å². The second-order valence-electron chi connectivity index (χ2n) is 6.39. The summed E-state index contributed by atoms with van der Waals surface area (Å²) in [5, 5.41) is 2.91. The van der Waals surface area contributed by atoms with Crippen molar-refractivity contribution in [3.63, 3.8) is 0 Å². The Balaban J connectivity index is 1.52. The van der Waals surface area contributed by atoms with Gasteiger partial charge in [-0.25, -0.2) is 4.90 Å². The monoisotopic (exact) mass is 402 g/mol. The topological polar surface area (TPSA) is 66.5 Å². The largest absolute Gasteiger partial charge is 0.321 e. The third-order valence-electron chi connectivity index (χ3n) is 4.49. The molecule has 6 heteroatoms. The summed E-state index contributed by atoms with van der Waals surface area (Å²) in [6.07, 6.45) is 3.10. The van der Waals surface area contributed by atoms with E-state index < -0.39 is 11.8 Å². The van der Waals surface area contributed by atoms with Crippen molar-refractivity contribution >= 4 is 46.8 Å². The predicted octanol–water partition coefficient (Wildman–Crippen LogP) is 4.79. The molecular weight excluding hydrogens is 388 g/mol. The Morgan fingerprint density at radius 1 is 0.862 bits per heavy atom. The number of imide groups is 1. The summed E-state index contributed by atoms with van der Waals surface area (Å²) in [5.74, 6) is -1.14. The molecule has 0 saturated heterocycles. The summed E-state index contributed by atoms with van der Waals surface area (Å²) in [7, 11) is 0. The van der Waals surface area contributed by atoms with Crippen molar-refractivity contribution in [1.82, 2.24) is 0 Å². The van der Waals surface area contributed by atoms with Crippen LogP contribution in [-0.2, 0) is 4.79 Å². The van der Waals surface area contributed by atoms with Crippen LogP contribution in [0.2, 0.25) is 5.02 Å². The van der Waals surface area contributed by atoms with Crippen LogP contribution in [0.15, 0.2) is 78.9 Å². The van der Waals surface area contributed by atoms with Gasteiger partial charge in [0.2, 0.25) is 5.91 Å². The van der Waals surface area contributed by atoms with Gasteiger partial charge in [0.05, 0.1) is 27.5 Å². The van der Waals surface area contributed by atoms with Gasteiger partial charge in [-0.15, -0.1) is 0 Å². The lowest BCUT2D eigenvalue weighted by Crippen LogP contribution is -2.29. The minimum Gasteiger partial charge on any atom is -0.321 e. The Bertz CT molecular complexity index is 1120. The Morgan fingerprint density at radius 3 is 2.10 bits per heavy atom. The predicted molar refractivity (Wildman–Crippen MR) is 113 cm³/mol. The quantitative estimate of drug-likeness (QED) is 0.504. The van der Waals surface area contributed by atoms with E-state index in [0.717, 1.165) is 10.5 Å². The van der Waals surface area contributed by atoms with Crippen molar-refractivity contribution in [3.8, 4) is 0 Å². The zero-order valence-corrected chi connectivity index (χ0v) is 15.9. The molecule has 0 aliphatic carbocycles. The van der Waals surface area contributed by atoms with Gasteiger partial charge >= 0.3 is 0 Å². The third-order valence-corrected chi connectivity index (χ3v) is 4.80. The van der Waals surface area contributed by atoms with Crippen LogP contribution < -0.4 is 10.2 Å². The van der Waals surface area contributed by atoms with Crippen LogP contribution >= 0.6 is 11.6 Å².